The quantitative estimate of drug-likeness (QED) is 0.712. The zero-order valence-electron chi connectivity index (χ0n) is 7.94. The summed E-state index contributed by atoms with van der Waals surface area (Å²) in [5, 5.41) is 13.3. The normalized spacial score (nSPS) is 15.5. The zero-order chi connectivity index (χ0) is 10.0. The number of aromatic nitrogens is 1. The monoisotopic (exact) mass is 186 g/mol. The minimum Gasteiger partial charge on any atom is -0.467 e. The summed E-state index contributed by atoms with van der Waals surface area (Å²) in [5.41, 5.74) is 6.67. The van der Waals surface area contributed by atoms with Crippen LogP contribution in [0.4, 0.5) is 0 Å². The summed E-state index contributed by atoms with van der Waals surface area (Å²) >= 11 is 0. The summed E-state index contributed by atoms with van der Waals surface area (Å²) < 4.78 is 9.72. The van der Waals surface area contributed by atoms with Crippen LogP contribution in [0.15, 0.2) is 4.52 Å². The molecule has 13 heavy (non-hydrogen) atoms. The van der Waals surface area contributed by atoms with Gasteiger partial charge in [0.1, 0.15) is 6.10 Å². The van der Waals surface area contributed by atoms with Gasteiger partial charge in [-0.25, -0.2) is 0 Å². The Balaban J connectivity index is 3.03. The van der Waals surface area contributed by atoms with E-state index in [0.717, 1.165) is 0 Å². The molecule has 1 aromatic rings. The van der Waals surface area contributed by atoms with Gasteiger partial charge in [0, 0.05) is 6.04 Å². The third kappa shape index (κ3) is 1.81. The lowest BCUT2D eigenvalue weighted by Crippen LogP contribution is -2.24. The fraction of sp³-hybridized carbons (Fsp3) is 0.625. The average Bonchev–Trinajstić information content (AvgIpc) is 2.45. The summed E-state index contributed by atoms with van der Waals surface area (Å²) in [6.07, 6.45) is -0.804. The molecule has 5 nitrogen and oxygen atoms in total. The van der Waals surface area contributed by atoms with E-state index in [2.05, 4.69) is 5.16 Å². The van der Waals surface area contributed by atoms with Crippen LogP contribution in [0.25, 0.3) is 0 Å². The van der Waals surface area contributed by atoms with E-state index >= 15 is 0 Å². The third-order valence-electron chi connectivity index (χ3n) is 1.85. The Bertz CT molecular complexity index is 283. The number of hydrogen-bond acceptors (Lipinski definition) is 5. The van der Waals surface area contributed by atoms with Crippen LogP contribution in [0.2, 0.25) is 0 Å². The molecule has 1 aromatic heterocycles. The molecule has 0 fully saturated rings. The Morgan fingerprint density at radius 3 is 2.69 bits per heavy atom. The maximum atomic E-state index is 9.67. The second-order valence-electron chi connectivity index (χ2n) is 2.98. The fourth-order valence-electron chi connectivity index (χ4n) is 1.10. The van der Waals surface area contributed by atoms with Crippen molar-refractivity contribution in [1.29, 1.82) is 0 Å². The lowest BCUT2D eigenvalue weighted by molar-refractivity contribution is 0.144. The van der Waals surface area contributed by atoms with E-state index in [1.807, 2.05) is 0 Å². The molecule has 1 heterocycles. The molecule has 0 radical (unpaired) electrons. The van der Waals surface area contributed by atoms with E-state index in [0.29, 0.717) is 11.3 Å². The lowest BCUT2D eigenvalue weighted by Gasteiger charge is -2.13. The molecule has 0 saturated heterocycles. The molecule has 5 heteroatoms. The van der Waals surface area contributed by atoms with Gasteiger partial charge in [0.2, 0.25) is 0 Å². The molecular formula is C8H14N2O3. The zero-order valence-corrected chi connectivity index (χ0v) is 7.94. The molecular weight excluding hydrogens is 172 g/mol. The van der Waals surface area contributed by atoms with Gasteiger partial charge in [-0.15, -0.1) is 0 Å². The van der Waals surface area contributed by atoms with Gasteiger partial charge < -0.3 is 20.1 Å². The average molecular weight is 186 g/mol. The van der Waals surface area contributed by atoms with Crippen LogP contribution in [0, 0.1) is 6.92 Å². The smallest absolute Gasteiger partial charge is 0.317 e. The van der Waals surface area contributed by atoms with Crippen LogP contribution >= 0.6 is 0 Å². The van der Waals surface area contributed by atoms with Gasteiger partial charge in [-0.05, 0) is 13.8 Å². The maximum absolute atomic E-state index is 9.67. The molecule has 0 saturated carbocycles. The lowest BCUT2D eigenvalue weighted by atomic mass is 10.1. The van der Waals surface area contributed by atoms with E-state index in [-0.39, 0.29) is 12.0 Å². The molecule has 0 bridgehead atoms. The molecule has 0 aromatic carbocycles. The number of hydrogen-bond donors (Lipinski definition) is 2. The van der Waals surface area contributed by atoms with Crippen molar-refractivity contribution in [1.82, 2.24) is 5.16 Å². The van der Waals surface area contributed by atoms with Gasteiger partial charge in [-0.3, -0.25) is 0 Å². The summed E-state index contributed by atoms with van der Waals surface area (Å²) in [6.45, 7) is 3.43. The number of aliphatic hydroxyl groups is 1. The largest absolute Gasteiger partial charge is 0.467 e. The van der Waals surface area contributed by atoms with Gasteiger partial charge in [0.25, 0.3) is 0 Å². The number of aliphatic hydroxyl groups excluding tert-OH is 1. The second kappa shape index (κ2) is 3.76. The highest BCUT2D eigenvalue weighted by Gasteiger charge is 2.24. The first kappa shape index (κ1) is 10.0. The topological polar surface area (TPSA) is 81.5 Å². The Hall–Kier alpha value is -1.07. The molecule has 0 aliphatic heterocycles. The van der Waals surface area contributed by atoms with Crippen LogP contribution < -0.4 is 10.5 Å². The minimum absolute atomic E-state index is 0.224. The van der Waals surface area contributed by atoms with Crippen molar-refractivity contribution in [3.05, 3.63) is 11.3 Å². The van der Waals surface area contributed by atoms with Crippen molar-refractivity contribution >= 4 is 0 Å². The van der Waals surface area contributed by atoms with E-state index in [4.69, 9.17) is 15.0 Å². The van der Waals surface area contributed by atoms with Crippen molar-refractivity contribution in [2.75, 3.05) is 7.11 Å². The van der Waals surface area contributed by atoms with Crippen molar-refractivity contribution in [2.45, 2.75) is 26.0 Å². The van der Waals surface area contributed by atoms with Crippen LogP contribution in [-0.4, -0.2) is 23.4 Å². The first-order valence-electron chi connectivity index (χ1n) is 4.01. The highest BCUT2D eigenvalue weighted by atomic mass is 16.6. The van der Waals surface area contributed by atoms with Crippen molar-refractivity contribution in [2.24, 2.45) is 5.73 Å². The molecule has 2 unspecified atom stereocenters. The van der Waals surface area contributed by atoms with Gasteiger partial charge in [-0.2, -0.15) is 0 Å². The van der Waals surface area contributed by atoms with Gasteiger partial charge >= 0.3 is 5.95 Å². The van der Waals surface area contributed by atoms with Crippen LogP contribution in [0.3, 0.4) is 0 Å². The number of methoxy groups -OCH3 is 1. The maximum Gasteiger partial charge on any atom is 0.317 e. The third-order valence-corrected chi connectivity index (χ3v) is 1.85. The number of ether oxygens (including phenoxy) is 1. The SMILES string of the molecule is COc1onc(C)c1C(O)C(C)N. The molecule has 0 amide bonds. The van der Waals surface area contributed by atoms with E-state index < -0.39 is 6.10 Å². The first-order valence-corrected chi connectivity index (χ1v) is 4.01. The minimum atomic E-state index is -0.804. The highest BCUT2D eigenvalue weighted by Crippen LogP contribution is 2.29. The van der Waals surface area contributed by atoms with Crippen molar-refractivity contribution < 1.29 is 14.4 Å². The van der Waals surface area contributed by atoms with Crippen LogP contribution in [-0.2, 0) is 0 Å². The van der Waals surface area contributed by atoms with Crippen LogP contribution in [0.5, 0.6) is 5.95 Å². The standard InChI is InChI=1S/C8H14N2O3/c1-4(9)7(11)6-5(2)10-13-8(6)12-3/h4,7,11H,9H2,1-3H3. The summed E-state index contributed by atoms with van der Waals surface area (Å²) in [7, 11) is 1.46. The Morgan fingerprint density at radius 2 is 2.23 bits per heavy atom. The van der Waals surface area contributed by atoms with Crippen molar-refractivity contribution in [3.63, 3.8) is 0 Å². The van der Waals surface area contributed by atoms with Gasteiger partial charge in [-0.1, -0.05) is 5.16 Å². The Kier molecular flexibility index (Phi) is 2.90. The summed E-state index contributed by atoms with van der Waals surface area (Å²) in [5.74, 6) is 0.224. The Morgan fingerprint density at radius 1 is 1.62 bits per heavy atom. The number of nitrogens with two attached hydrogens (primary N) is 1. The van der Waals surface area contributed by atoms with Crippen LogP contribution in [0.1, 0.15) is 24.3 Å². The second-order valence-corrected chi connectivity index (χ2v) is 2.98. The van der Waals surface area contributed by atoms with E-state index in [1.54, 1.807) is 13.8 Å². The van der Waals surface area contributed by atoms with E-state index in [9.17, 15) is 5.11 Å². The number of nitrogens with zero attached hydrogens (tertiary/aromatic N) is 1. The van der Waals surface area contributed by atoms with Crippen molar-refractivity contribution in [3.8, 4) is 5.95 Å². The predicted octanol–water partition coefficient (Wildman–Crippen LogP) is 0.372. The molecule has 74 valence electrons. The van der Waals surface area contributed by atoms with Gasteiger partial charge in [0.05, 0.1) is 18.4 Å². The molecule has 3 N–H and O–H groups in total. The number of aryl methyl sites for hydroxylation is 1. The molecule has 2 atom stereocenters. The molecule has 0 spiro atoms. The summed E-state index contributed by atoms with van der Waals surface area (Å²) in [6, 6.07) is -0.382. The Labute approximate surface area is 76.5 Å². The van der Waals surface area contributed by atoms with Gasteiger partial charge in [0.15, 0.2) is 0 Å². The highest BCUT2D eigenvalue weighted by molar-refractivity contribution is 5.30. The fourth-order valence-corrected chi connectivity index (χ4v) is 1.10. The van der Waals surface area contributed by atoms with E-state index in [1.165, 1.54) is 7.11 Å². The molecule has 0 aliphatic carbocycles. The molecule has 1 rings (SSSR count). The predicted molar refractivity (Wildman–Crippen MR) is 46.4 cm³/mol. The summed E-state index contributed by atoms with van der Waals surface area (Å²) in [4.78, 5) is 0. The first-order chi connectivity index (χ1) is 6.07. The number of rotatable bonds is 3. The molecule has 0 aliphatic rings.